The van der Waals surface area contributed by atoms with Crippen LogP contribution >= 0.6 is 0 Å². The van der Waals surface area contributed by atoms with E-state index in [9.17, 15) is 0 Å². The summed E-state index contributed by atoms with van der Waals surface area (Å²) in [5.74, 6) is 0. The Balaban J connectivity index is 2.45. The maximum Gasteiger partial charge on any atom is 0.186 e. The van der Waals surface area contributed by atoms with Crippen molar-refractivity contribution in [2.45, 2.75) is 33.8 Å². The molecule has 0 fully saturated rings. The van der Waals surface area contributed by atoms with Gasteiger partial charge in [0.25, 0.3) is 0 Å². The van der Waals surface area contributed by atoms with E-state index in [1.54, 1.807) is 0 Å². The lowest BCUT2D eigenvalue weighted by Crippen LogP contribution is -2.06. The Kier molecular flexibility index (Phi) is 5.54. The highest BCUT2D eigenvalue weighted by Crippen LogP contribution is 2.28. The van der Waals surface area contributed by atoms with Crippen LogP contribution in [-0.2, 0) is 4.43 Å². The highest BCUT2D eigenvalue weighted by atomic mass is 28.2. The second kappa shape index (κ2) is 7.39. The monoisotopic (exact) mass is 296 g/mol. The summed E-state index contributed by atoms with van der Waals surface area (Å²) in [6, 6.07) is 17.2. The third-order valence-electron chi connectivity index (χ3n) is 3.59. The van der Waals surface area contributed by atoms with Crippen molar-refractivity contribution in [3.63, 3.8) is 0 Å². The first-order valence-corrected chi connectivity index (χ1v) is 8.92. The van der Waals surface area contributed by atoms with Gasteiger partial charge in [-0.1, -0.05) is 54.2 Å². The van der Waals surface area contributed by atoms with Crippen LogP contribution in [0.25, 0.3) is 5.57 Å². The molecule has 0 saturated carbocycles. The number of rotatable bonds is 5. The zero-order valence-corrected chi connectivity index (χ0v) is 14.8. The molecule has 2 aromatic rings. The number of hydrogen-bond acceptors (Lipinski definition) is 1. The maximum absolute atomic E-state index is 5.86. The van der Waals surface area contributed by atoms with Gasteiger partial charge in [0, 0.05) is 6.10 Å². The zero-order valence-electron chi connectivity index (χ0n) is 13.4. The molecule has 0 radical (unpaired) electrons. The van der Waals surface area contributed by atoms with E-state index in [0.717, 1.165) is 0 Å². The van der Waals surface area contributed by atoms with Crippen LogP contribution in [0.2, 0.25) is 0 Å². The molecule has 2 aromatic carbocycles. The minimum Gasteiger partial charge on any atom is -0.417 e. The van der Waals surface area contributed by atoms with Gasteiger partial charge in [-0.25, -0.2) is 0 Å². The minimum absolute atomic E-state index is 0.308. The number of aryl methyl sites for hydroxylation is 2. The first-order valence-electron chi connectivity index (χ1n) is 7.53. The van der Waals surface area contributed by atoms with E-state index in [0.29, 0.717) is 6.10 Å². The molecule has 0 atom stereocenters. The normalized spacial score (nSPS) is 11.3. The lowest BCUT2D eigenvalue weighted by Gasteiger charge is -2.14. The number of hydrogen-bond donors (Lipinski definition) is 0. The fourth-order valence-corrected chi connectivity index (χ4v) is 3.53. The van der Waals surface area contributed by atoms with Crippen LogP contribution < -0.4 is 0 Å². The molecule has 0 aromatic heterocycles. The third-order valence-corrected chi connectivity index (χ3v) is 5.02. The number of benzene rings is 2. The molecule has 0 aliphatic heterocycles. The Labute approximate surface area is 130 Å². The second-order valence-corrected chi connectivity index (χ2v) is 6.70. The fourth-order valence-electron chi connectivity index (χ4n) is 2.44. The van der Waals surface area contributed by atoms with Gasteiger partial charge in [-0.15, -0.1) is 0 Å². The second-order valence-electron chi connectivity index (χ2n) is 5.63. The summed E-state index contributed by atoms with van der Waals surface area (Å²) < 4.78 is 5.86. The Morgan fingerprint density at radius 1 is 0.905 bits per heavy atom. The van der Waals surface area contributed by atoms with E-state index in [2.05, 4.69) is 81.9 Å². The van der Waals surface area contributed by atoms with Crippen LogP contribution in [0, 0.1) is 13.8 Å². The highest BCUT2D eigenvalue weighted by molar-refractivity contribution is 6.37. The molecular weight excluding hydrogens is 272 g/mol. The van der Waals surface area contributed by atoms with Crippen LogP contribution in [-0.4, -0.2) is 15.9 Å². The third kappa shape index (κ3) is 4.16. The standard InChI is InChI=1S/C19H24OSi/c1-14(2)20-21-13-19(17-11-7-5-9-15(17)3)18-12-8-6-10-16(18)4/h5-14H,21H2,1-4H3. The van der Waals surface area contributed by atoms with E-state index >= 15 is 0 Å². The van der Waals surface area contributed by atoms with Gasteiger partial charge in [0.05, 0.1) is 0 Å². The van der Waals surface area contributed by atoms with Crippen LogP contribution in [0.5, 0.6) is 0 Å². The van der Waals surface area contributed by atoms with Gasteiger partial charge in [-0.3, -0.25) is 0 Å². The van der Waals surface area contributed by atoms with Gasteiger partial charge in [-0.05, 0) is 55.5 Å². The van der Waals surface area contributed by atoms with Crippen molar-refractivity contribution in [3.8, 4) is 0 Å². The summed E-state index contributed by atoms with van der Waals surface area (Å²) in [7, 11) is -0.665. The fraction of sp³-hybridized carbons (Fsp3) is 0.263. The lowest BCUT2D eigenvalue weighted by atomic mass is 9.93. The van der Waals surface area contributed by atoms with Crippen LogP contribution in [0.1, 0.15) is 36.1 Å². The molecule has 0 heterocycles. The van der Waals surface area contributed by atoms with Crippen molar-refractivity contribution in [1.82, 2.24) is 0 Å². The molecule has 21 heavy (non-hydrogen) atoms. The zero-order chi connectivity index (χ0) is 15.2. The Morgan fingerprint density at radius 3 is 1.81 bits per heavy atom. The average molecular weight is 296 g/mol. The topological polar surface area (TPSA) is 9.23 Å². The van der Waals surface area contributed by atoms with Gasteiger partial charge in [0.15, 0.2) is 9.76 Å². The Bertz CT molecular complexity index is 581. The molecule has 0 N–H and O–H groups in total. The molecule has 0 spiro atoms. The van der Waals surface area contributed by atoms with E-state index in [-0.39, 0.29) is 0 Å². The Hall–Kier alpha value is -1.64. The average Bonchev–Trinajstić information content (AvgIpc) is 2.45. The minimum atomic E-state index is -0.665. The lowest BCUT2D eigenvalue weighted by molar-refractivity contribution is 0.260. The SMILES string of the molecule is Cc1ccccc1C(=C[SiH2]OC(C)C)c1ccccc1C. The summed E-state index contributed by atoms with van der Waals surface area (Å²) in [6.07, 6.45) is 0.308. The summed E-state index contributed by atoms with van der Waals surface area (Å²) in [5.41, 5.74) is 8.90. The van der Waals surface area contributed by atoms with Crippen molar-refractivity contribution in [3.05, 3.63) is 76.5 Å². The maximum atomic E-state index is 5.86. The van der Waals surface area contributed by atoms with Gasteiger partial charge >= 0.3 is 0 Å². The van der Waals surface area contributed by atoms with Crippen molar-refractivity contribution in [2.75, 3.05) is 0 Å². The van der Waals surface area contributed by atoms with Gasteiger partial charge < -0.3 is 4.43 Å². The smallest absolute Gasteiger partial charge is 0.186 e. The van der Waals surface area contributed by atoms with Gasteiger partial charge in [0.2, 0.25) is 0 Å². The summed E-state index contributed by atoms with van der Waals surface area (Å²) in [6.45, 7) is 8.54. The predicted molar refractivity (Wildman–Crippen MR) is 94.2 cm³/mol. The molecule has 110 valence electrons. The highest BCUT2D eigenvalue weighted by Gasteiger charge is 2.09. The molecular formula is C19H24OSi. The molecule has 0 aliphatic carbocycles. The molecule has 0 aliphatic rings. The first kappa shape index (κ1) is 15.7. The van der Waals surface area contributed by atoms with E-state index in [4.69, 9.17) is 4.43 Å². The summed E-state index contributed by atoms with van der Waals surface area (Å²) >= 11 is 0. The molecule has 0 unspecified atom stereocenters. The quantitative estimate of drug-likeness (QED) is 0.751. The molecule has 0 amide bonds. The van der Waals surface area contributed by atoms with Crippen molar-refractivity contribution < 1.29 is 4.43 Å². The van der Waals surface area contributed by atoms with Gasteiger partial charge in [0.1, 0.15) is 0 Å². The Morgan fingerprint density at radius 2 is 1.38 bits per heavy atom. The largest absolute Gasteiger partial charge is 0.417 e. The van der Waals surface area contributed by atoms with Crippen LogP contribution in [0.3, 0.4) is 0 Å². The van der Waals surface area contributed by atoms with E-state index in [1.165, 1.54) is 27.8 Å². The summed E-state index contributed by atoms with van der Waals surface area (Å²) in [4.78, 5) is 0. The van der Waals surface area contributed by atoms with E-state index < -0.39 is 9.76 Å². The molecule has 0 saturated heterocycles. The van der Waals surface area contributed by atoms with Crippen molar-refractivity contribution in [1.29, 1.82) is 0 Å². The molecule has 1 nitrogen and oxygen atoms in total. The van der Waals surface area contributed by atoms with Crippen LogP contribution in [0.4, 0.5) is 0 Å². The first-order chi connectivity index (χ1) is 10.1. The van der Waals surface area contributed by atoms with E-state index in [1.807, 2.05) is 0 Å². The summed E-state index contributed by atoms with van der Waals surface area (Å²) in [5, 5.41) is 0. The van der Waals surface area contributed by atoms with Gasteiger partial charge in [-0.2, -0.15) is 0 Å². The molecule has 0 bridgehead atoms. The predicted octanol–water partition coefficient (Wildman–Crippen LogP) is 4.20. The van der Waals surface area contributed by atoms with Crippen molar-refractivity contribution in [2.24, 2.45) is 0 Å². The van der Waals surface area contributed by atoms with Crippen molar-refractivity contribution >= 4 is 15.3 Å². The molecule has 2 heteroatoms. The molecule has 2 rings (SSSR count). The van der Waals surface area contributed by atoms with Crippen LogP contribution in [0.15, 0.2) is 54.2 Å².